The molecule has 7 heteroatoms. The molecule has 2 aromatic carbocycles. The van der Waals surface area contributed by atoms with Gasteiger partial charge in [-0.3, -0.25) is 0 Å². The van der Waals surface area contributed by atoms with Gasteiger partial charge in [0.15, 0.2) is 17.4 Å². The van der Waals surface area contributed by atoms with E-state index in [1.807, 2.05) is 12.8 Å². The molecule has 0 bridgehead atoms. The summed E-state index contributed by atoms with van der Waals surface area (Å²) in [5.74, 6) is -4.43. The highest BCUT2D eigenvalue weighted by Gasteiger charge is 2.25. The minimum atomic E-state index is -1.64. The van der Waals surface area contributed by atoms with E-state index in [1.54, 1.807) is 0 Å². The van der Waals surface area contributed by atoms with Crippen LogP contribution in [0.5, 0.6) is 5.75 Å². The maximum absolute atomic E-state index is 14.1. The predicted octanol–water partition coefficient (Wildman–Crippen LogP) is 4.91. The minimum absolute atomic E-state index is 0.000394. The van der Waals surface area contributed by atoms with Crippen molar-refractivity contribution in [2.45, 2.75) is 26.2 Å². The van der Waals surface area contributed by atoms with E-state index in [2.05, 4.69) is 5.92 Å². The molecule has 0 atom stereocenters. The van der Waals surface area contributed by atoms with Crippen LogP contribution in [0, 0.1) is 35.1 Å². The Hall–Kier alpha value is -3.01. The van der Waals surface area contributed by atoms with Crippen molar-refractivity contribution < 1.29 is 32.2 Å². The van der Waals surface area contributed by atoms with Crippen LogP contribution in [0.15, 0.2) is 24.3 Å². The fourth-order valence-electron chi connectivity index (χ4n) is 2.21. The van der Waals surface area contributed by atoms with E-state index < -0.39 is 40.6 Å². The Morgan fingerprint density at radius 1 is 0.963 bits per heavy atom. The normalized spacial score (nSPS) is 10.3. The highest BCUT2D eigenvalue weighted by Crippen LogP contribution is 2.30. The van der Waals surface area contributed by atoms with Gasteiger partial charge in [0.2, 0.25) is 11.6 Å². The molecule has 1 N–H and O–H groups in total. The molecule has 0 aromatic heterocycles. The van der Waals surface area contributed by atoms with Gasteiger partial charge in [-0.15, -0.1) is 0 Å². The molecule has 0 saturated carbocycles. The largest absolute Gasteiger partial charge is 0.487 e. The lowest BCUT2D eigenvalue weighted by molar-refractivity contribution is 0.0697. The zero-order chi connectivity index (χ0) is 20.0. The first kappa shape index (κ1) is 20.3. The third-order valence-electron chi connectivity index (χ3n) is 3.68. The molecule has 0 aliphatic carbocycles. The molecule has 0 aliphatic heterocycles. The van der Waals surface area contributed by atoms with Crippen LogP contribution in [0.25, 0.3) is 0 Å². The molecule has 2 aromatic rings. The molecule has 0 heterocycles. The average molecular weight is 380 g/mol. The molecule has 0 aliphatic rings. The van der Waals surface area contributed by atoms with Crippen molar-refractivity contribution in [2.75, 3.05) is 6.61 Å². The lowest BCUT2D eigenvalue weighted by Gasteiger charge is -2.10. The highest BCUT2D eigenvalue weighted by atomic mass is 19.2. The summed E-state index contributed by atoms with van der Waals surface area (Å²) in [6, 6.07) is 5.11. The molecule has 0 radical (unpaired) electrons. The zero-order valence-electron chi connectivity index (χ0n) is 14.4. The minimum Gasteiger partial charge on any atom is -0.487 e. The Kier molecular flexibility index (Phi) is 6.83. The van der Waals surface area contributed by atoms with Gasteiger partial charge in [-0.25, -0.2) is 13.6 Å². The van der Waals surface area contributed by atoms with Gasteiger partial charge in [0.25, 0.3) is 0 Å². The van der Waals surface area contributed by atoms with Gasteiger partial charge < -0.3 is 9.84 Å². The van der Waals surface area contributed by atoms with Gasteiger partial charge in [0, 0.05) is 5.56 Å². The molecule has 142 valence electrons. The van der Waals surface area contributed by atoms with Crippen molar-refractivity contribution in [3.63, 3.8) is 0 Å². The Morgan fingerprint density at radius 3 is 2.07 bits per heavy atom. The van der Waals surface area contributed by atoms with Crippen molar-refractivity contribution in [3.05, 3.63) is 64.2 Å². The SMILES string of the molecule is CCCCCOc1c(F)c(F)c(C#Cc2ccc(C(=O)O)cc2)c(F)c1F. The predicted molar refractivity (Wildman–Crippen MR) is 90.7 cm³/mol. The smallest absolute Gasteiger partial charge is 0.335 e. The van der Waals surface area contributed by atoms with E-state index in [0.29, 0.717) is 6.42 Å². The number of hydrogen-bond acceptors (Lipinski definition) is 2. The van der Waals surface area contributed by atoms with Crippen LogP contribution >= 0.6 is 0 Å². The fourth-order valence-corrected chi connectivity index (χ4v) is 2.21. The van der Waals surface area contributed by atoms with Crippen LogP contribution in [-0.4, -0.2) is 17.7 Å². The average Bonchev–Trinajstić information content (AvgIpc) is 2.66. The molecule has 0 unspecified atom stereocenters. The first-order valence-electron chi connectivity index (χ1n) is 8.20. The van der Waals surface area contributed by atoms with Gasteiger partial charge in [-0.2, -0.15) is 8.78 Å². The summed E-state index contributed by atoms with van der Waals surface area (Å²) in [7, 11) is 0. The Balaban J connectivity index is 2.32. The van der Waals surface area contributed by atoms with Gasteiger partial charge in [0.1, 0.15) is 5.56 Å². The van der Waals surface area contributed by atoms with Crippen LogP contribution in [0.4, 0.5) is 17.6 Å². The Bertz CT molecular complexity index is 867. The van der Waals surface area contributed by atoms with Crippen molar-refractivity contribution >= 4 is 5.97 Å². The molecule has 2 rings (SSSR count). The van der Waals surface area contributed by atoms with Crippen molar-refractivity contribution in [3.8, 4) is 17.6 Å². The second kappa shape index (κ2) is 9.08. The Labute approximate surface area is 153 Å². The van der Waals surface area contributed by atoms with E-state index in [4.69, 9.17) is 9.84 Å². The number of carboxylic acids is 1. The van der Waals surface area contributed by atoms with Gasteiger partial charge in [0.05, 0.1) is 12.2 Å². The highest BCUT2D eigenvalue weighted by molar-refractivity contribution is 5.87. The maximum Gasteiger partial charge on any atom is 0.335 e. The van der Waals surface area contributed by atoms with Gasteiger partial charge in [-0.05, 0) is 30.7 Å². The molecule has 0 fully saturated rings. The summed E-state index contributed by atoms with van der Waals surface area (Å²) in [4.78, 5) is 10.8. The van der Waals surface area contributed by atoms with Crippen molar-refractivity contribution in [2.24, 2.45) is 0 Å². The van der Waals surface area contributed by atoms with E-state index in [-0.39, 0.29) is 17.7 Å². The molecule has 0 amide bonds. The Morgan fingerprint density at radius 2 is 1.56 bits per heavy atom. The van der Waals surface area contributed by atoms with E-state index in [0.717, 1.165) is 12.8 Å². The number of hydrogen-bond donors (Lipinski definition) is 1. The van der Waals surface area contributed by atoms with E-state index in [9.17, 15) is 22.4 Å². The van der Waals surface area contributed by atoms with E-state index in [1.165, 1.54) is 24.3 Å². The number of halogens is 4. The molecular weight excluding hydrogens is 364 g/mol. The third kappa shape index (κ3) is 4.79. The molecule has 0 saturated heterocycles. The summed E-state index contributed by atoms with van der Waals surface area (Å²) in [5.41, 5.74) is -0.840. The second-order valence-corrected chi connectivity index (χ2v) is 5.65. The van der Waals surface area contributed by atoms with Crippen molar-refractivity contribution in [1.29, 1.82) is 0 Å². The number of carbonyl (C=O) groups is 1. The lowest BCUT2D eigenvalue weighted by Crippen LogP contribution is -2.08. The standard InChI is InChI=1S/C20H16F4O3/c1-2-3-4-11-27-19-17(23)15(21)14(16(22)18(19)24)10-7-12-5-8-13(9-6-12)20(25)26/h5-6,8-9H,2-4,11H2,1H3,(H,25,26). The molecular formula is C20H16F4O3. The van der Waals surface area contributed by atoms with Crippen LogP contribution in [0.1, 0.15) is 47.7 Å². The van der Waals surface area contributed by atoms with Gasteiger partial charge in [-0.1, -0.05) is 31.6 Å². The third-order valence-corrected chi connectivity index (χ3v) is 3.68. The zero-order valence-corrected chi connectivity index (χ0v) is 14.4. The fraction of sp³-hybridized carbons (Fsp3) is 0.250. The number of aromatic carboxylic acids is 1. The van der Waals surface area contributed by atoms with Crippen LogP contribution in [0.3, 0.4) is 0 Å². The first-order valence-corrected chi connectivity index (χ1v) is 8.20. The van der Waals surface area contributed by atoms with Crippen molar-refractivity contribution in [1.82, 2.24) is 0 Å². The van der Waals surface area contributed by atoms with Gasteiger partial charge >= 0.3 is 5.97 Å². The number of benzene rings is 2. The summed E-state index contributed by atoms with van der Waals surface area (Å²) in [5, 5.41) is 8.80. The maximum atomic E-state index is 14.1. The summed E-state index contributed by atoms with van der Waals surface area (Å²) >= 11 is 0. The van der Waals surface area contributed by atoms with E-state index >= 15 is 0 Å². The summed E-state index contributed by atoms with van der Waals surface area (Å²) < 4.78 is 61.1. The lowest BCUT2D eigenvalue weighted by atomic mass is 10.1. The van der Waals surface area contributed by atoms with Crippen LogP contribution < -0.4 is 4.74 Å². The monoisotopic (exact) mass is 380 g/mol. The van der Waals surface area contributed by atoms with Crippen LogP contribution in [0.2, 0.25) is 0 Å². The number of ether oxygens (including phenoxy) is 1. The number of rotatable bonds is 6. The molecule has 27 heavy (non-hydrogen) atoms. The number of carboxylic acid groups (broad SMARTS) is 1. The summed E-state index contributed by atoms with van der Waals surface area (Å²) in [6.45, 7) is 1.85. The van der Waals surface area contributed by atoms with Crippen LogP contribution in [-0.2, 0) is 0 Å². The second-order valence-electron chi connectivity index (χ2n) is 5.65. The summed E-state index contributed by atoms with van der Waals surface area (Å²) in [6.07, 6.45) is 2.09. The molecule has 3 nitrogen and oxygen atoms in total. The number of unbranched alkanes of at least 4 members (excludes halogenated alkanes) is 2. The first-order chi connectivity index (χ1) is 12.9. The topological polar surface area (TPSA) is 46.5 Å². The molecule has 0 spiro atoms. The quantitative estimate of drug-likeness (QED) is 0.335.